The monoisotopic (exact) mass is 241 g/mol. The summed E-state index contributed by atoms with van der Waals surface area (Å²) in [4.78, 5) is 2.36. The largest absolute Gasteiger partial charge is 0.303 e. The van der Waals surface area contributed by atoms with Crippen LogP contribution < -0.4 is 0 Å². The molecule has 0 radical (unpaired) electrons. The van der Waals surface area contributed by atoms with Crippen molar-refractivity contribution >= 4 is 11.6 Å². The topological polar surface area (TPSA) is 3.24 Å². The highest BCUT2D eigenvalue weighted by Gasteiger charge is 2.19. The Morgan fingerprint density at radius 2 is 2.19 bits per heavy atom. The van der Waals surface area contributed by atoms with Gasteiger partial charge in [-0.1, -0.05) is 18.0 Å². The molecule has 2 rings (SSSR count). The maximum absolute atomic E-state index is 13.2. The first-order chi connectivity index (χ1) is 7.65. The van der Waals surface area contributed by atoms with E-state index < -0.39 is 0 Å². The van der Waals surface area contributed by atoms with Crippen LogP contribution in [0.5, 0.6) is 0 Å². The van der Waals surface area contributed by atoms with Crippen molar-refractivity contribution in [3.05, 3.63) is 34.6 Å². The molecule has 0 bridgehead atoms. The van der Waals surface area contributed by atoms with Crippen LogP contribution in [0.25, 0.3) is 0 Å². The Bertz CT molecular complexity index is 347. The molecule has 1 aliphatic rings. The molecular formula is C13H17ClFN. The van der Waals surface area contributed by atoms with Gasteiger partial charge in [0.2, 0.25) is 0 Å². The van der Waals surface area contributed by atoms with Gasteiger partial charge in [-0.05, 0) is 56.6 Å². The molecule has 1 aliphatic heterocycles. The molecule has 1 saturated heterocycles. The fourth-order valence-corrected chi connectivity index (χ4v) is 2.65. The maximum Gasteiger partial charge on any atom is 0.124 e. The van der Waals surface area contributed by atoms with E-state index in [1.54, 1.807) is 6.07 Å². The van der Waals surface area contributed by atoms with E-state index in [2.05, 4.69) is 11.9 Å². The fourth-order valence-electron chi connectivity index (χ4n) is 2.40. The van der Waals surface area contributed by atoms with Crippen LogP contribution in [0.15, 0.2) is 18.2 Å². The molecule has 1 heterocycles. The van der Waals surface area contributed by atoms with Crippen LogP contribution in [-0.2, 0) is 6.42 Å². The molecule has 3 heteroatoms. The number of hydrogen-bond acceptors (Lipinski definition) is 1. The van der Waals surface area contributed by atoms with Crippen LogP contribution in [0.1, 0.15) is 24.8 Å². The summed E-state index contributed by atoms with van der Waals surface area (Å²) in [6.07, 6.45) is 4.65. The number of benzene rings is 1. The van der Waals surface area contributed by atoms with Gasteiger partial charge >= 0.3 is 0 Å². The van der Waals surface area contributed by atoms with E-state index in [0.717, 1.165) is 18.5 Å². The third-order valence-corrected chi connectivity index (χ3v) is 3.53. The zero-order valence-electron chi connectivity index (χ0n) is 9.55. The van der Waals surface area contributed by atoms with Crippen molar-refractivity contribution in [3.8, 4) is 0 Å². The van der Waals surface area contributed by atoms with Crippen molar-refractivity contribution in [1.82, 2.24) is 4.90 Å². The average molecular weight is 242 g/mol. The number of likely N-dealkylation sites (N-methyl/N-ethyl adjacent to an activating group) is 1. The normalized spacial score (nSPS) is 22.3. The Morgan fingerprint density at radius 3 is 2.88 bits per heavy atom. The lowest BCUT2D eigenvalue weighted by molar-refractivity contribution is 0.184. The highest BCUT2D eigenvalue weighted by molar-refractivity contribution is 6.30. The van der Waals surface area contributed by atoms with Crippen LogP contribution in [-0.4, -0.2) is 24.5 Å². The van der Waals surface area contributed by atoms with Crippen LogP contribution >= 0.6 is 11.6 Å². The Labute approximate surface area is 101 Å². The van der Waals surface area contributed by atoms with Crippen molar-refractivity contribution < 1.29 is 4.39 Å². The zero-order valence-corrected chi connectivity index (χ0v) is 10.3. The minimum atomic E-state index is -0.235. The molecule has 1 aromatic rings. The second kappa shape index (κ2) is 5.15. The van der Waals surface area contributed by atoms with E-state index in [0.29, 0.717) is 11.1 Å². The summed E-state index contributed by atoms with van der Waals surface area (Å²) in [5, 5.41) is 0.494. The summed E-state index contributed by atoms with van der Waals surface area (Å²) in [5.41, 5.74) is 1.00. The number of nitrogens with zero attached hydrogens (tertiary/aromatic N) is 1. The summed E-state index contributed by atoms with van der Waals surface area (Å²) in [6.45, 7) is 1.15. The first-order valence-electron chi connectivity index (χ1n) is 5.80. The van der Waals surface area contributed by atoms with Gasteiger partial charge in [-0.2, -0.15) is 0 Å². The van der Waals surface area contributed by atoms with Gasteiger partial charge in [0.25, 0.3) is 0 Å². The second-order valence-corrected chi connectivity index (χ2v) is 5.05. The molecule has 16 heavy (non-hydrogen) atoms. The number of halogens is 2. The number of hydrogen-bond donors (Lipinski definition) is 0. The third kappa shape index (κ3) is 2.96. The van der Waals surface area contributed by atoms with Gasteiger partial charge in [0, 0.05) is 11.1 Å². The quantitative estimate of drug-likeness (QED) is 0.766. The summed E-state index contributed by atoms with van der Waals surface area (Å²) in [7, 11) is 2.14. The molecule has 0 aliphatic carbocycles. The Balaban J connectivity index is 2.07. The molecule has 1 atom stereocenters. The van der Waals surface area contributed by atoms with E-state index in [-0.39, 0.29) is 5.82 Å². The molecular weight excluding hydrogens is 225 g/mol. The van der Waals surface area contributed by atoms with E-state index in [9.17, 15) is 4.39 Å². The highest BCUT2D eigenvalue weighted by atomic mass is 35.5. The van der Waals surface area contributed by atoms with Crippen molar-refractivity contribution in [2.45, 2.75) is 31.7 Å². The van der Waals surface area contributed by atoms with E-state index in [1.165, 1.54) is 25.3 Å². The summed E-state index contributed by atoms with van der Waals surface area (Å²) in [5.74, 6) is -0.235. The van der Waals surface area contributed by atoms with E-state index in [4.69, 9.17) is 11.6 Å². The molecule has 0 saturated carbocycles. The van der Waals surface area contributed by atoms with Gasteiger partial charge < -0.3 is 4.90 Å². The SMILES string of the molecule is CN1CCCCC1Cc1cc(F)cc(Cl)c1. The number of rotatable bonds is 2. The second-order valence-electron chi connectivity index (χ2n) is 4.61. The molecule has 1 nitrogen and oxygen atoms in total. The average Bonchev–Trinajstić information content (AvgIpc) is 2.20. The Morgan fingerprint density at radius 1 is 1.38 bits per heavy atom. The van der Waals surface area contributed by atoms with Crippen LogP contribution in [0.3, 0.4) is 0 Å². The first kappa shape index (κ1) is 11.9. The van der Waals surface area contributed by atoms with Gasteiger partial charge in [-0.15, -0.1) is 0 Å². The number of piperidine rings is 1. The third-order valence-electron chi connectivity index (χ3n) is 3.32. The van der Waals surface area contributed by atoms with Gasteiger partial charge in [-0.3, -0.25) is 0 Å². The lowest BCUT2D eigenvalue weighted by Crippen LogP contribution is -2.37. The molecule has 1 unspecified atom stereocenters. The predicted molar refractivity (Wildman–Crippen MR) is 65.4 cm³/mol. The first-order valence-corrected chi connectivity index (χ1v) is 6.18. The van der Waals surface area contributed by atoms with Crippen molar-refractivity contribution in [3.63, 3.8) is 0 Å². The van der Waals surface area contributed by atoms with Crippen molar-refractivity contribution in [2.24, 2.45) is 0 Å². The molecule has 0 amide bonds. The van der Waals surface area contributed by atoms with E-state index >= 15 is 0 Å². The minimum Gasteiger partial charge on any atom is -0.303 e. The zero-order chi connectivity index (χ0) is 11.5. The highest BCUT2D eigenvalue weighted by Crippen LogP contribution is 2.21. The summed E-state index contributed by atoms with van der Waals surface area (Å²) >= 11 is 5.85. The predicted octanol–water partition coefficient (Wildman–Crippen LogP) is 3.51. The molecule has 1 fully saturated rings. The Hall–Kier alpha value is -0.600. The minimum absolute atomic E-state index is 0.235. The van der Waals surface area contributed by atoms with Crippen molar-refractivity contribution in [1.29, 1.82) is 0 Å². The van der Waals surface area contributed by atoms with Crippen LogP contribution in [0.4, 0.5) is 4.39 Å². The molecule has 0 N–H and O–H groups in total. The molecule has 0 spiro atoms. The molecule has 0 aromatic heterocycles. The molecule has 88 valence electrons. The number of likely N-dealkylation sites (tertiary alicyclic amines) is 1. The van der Waals surface area contributed by atoms with Gasteiger partial charge in [0.05, 0.1) is 0 Å². The van der Waals surface area contributed by atoms with Crippen molar-refractivity contribution in [2.75, 3.05) is 13.6 Å². The van der Waals surface area contributed by atoms with Gasteiger partial charge in [0.1, 0.15) is 5.82 Å². The maximum atomic E-state index is 13.2. The lowest BCUT2D eigenvalue weighted by Gasteiger charge is -2.32. The lowest BCUT2D eigenvalue weighted by atomic mass is 9.96. The van der Waals surface area contributed by atoms with E-state index in [1.807, 2.05) is 6.07 Å². The van der Waals surface area contributed by atoms with Gasteiger partial charge in [-0.25, -0.2) is 4.39 Å². The van der Waals surface area contributed by atoms with Gasteiger partial charge in [0.15, 0.2) is 0 Å². The van der Waals surface area contributed by atoms with Crippen LogP contribution in [0.2, 0.25) is 5.02 Å². The van der Waals surface area contributed by atoms with Crippen LogP contribution in [0, 0.1) is 5.82 Å². The fraction of sp³-hybridized carbons (Fsp3) is 0.538. The molecule has 1 aromatic carbocycles. The summed E-state index contributed by atoms with van der Waals surface area (Å²) in [6, 6.07) is 5.35. The Kier molecular flexibility index (Phi) is 3.82. The standard InChI is InChI=1S/C13H17ClFN/c1-16-5-3-2-4-13(16)8-10-6-11(14)9-12(15)7-10/h6-7,9,13H,2-5,8H2,1H3. The smallest absolute Gasteiger partial charge is 0.124 e. The summed E-state index contributed by atoms with van der Waals surface area (Å²) < 4.78 is 13.2.